The number of nitrogens with one attached hydrogen (secondary N) is 1. The van der Waals surface area contributed by atoms with Crippen molar-refractivity contribution < 1.29 is 14.3 Å². The summed E-state index contributed by atoms with van der Waals surface area (Å²) in [5.74, 6) is 1.44. The number of carbonyl (C=O) groups is 1. The molecule has 0 heterocycles. The first-order chi connectivity index (χ1) is 12.4. The van der Waals surface area contributed by atoms with Crippen molar-refractivity contribution in [2.24, 2.45) is 5.10 Å². The Kier molecular flexibility index (Phi) is 7.21. The van der Waals surface area contributed by atoms with Crippen LogP contribution >= 0.6 is 15.9 Å². The summed E-state index contributed by atoms with van der Waals surface area (Å²) in [5, 5.41) is 3.98. The molecule has 0 bridgehead atoms. The molecule has 0 atom stereocenters. The molecular weight excluding hydrogens is 396 g/mol. The summed E-state index contributed by atoms with van der Waals surface area (Å²) in [6.45, 7) is 6.08. The van der Waals surface area contributed by atoms with Crippen LogP contribution in [0.15, 0.2) is 46.0 Å². The number of hydrogen-bond donors (Lipinski definition) is 1. The Balaban J connectivity index is 1.95. The number of ether oxygens (including phenoxy) is 2. The Morgan fingerprint density at radius 2 is 2.04 bits per heavy atom. The third kappa shape index (κ3) is 5.59. The van der Waals surface area contributed by atoms with Crippen molar-refractivity contribution in [3.63, 3.8) is 0 Å². The highest BCUT2D eigenvalue weighted by Crippen LogP contribution is 2.27. The molecule has 0 fully saturated rings. The van der Waals surface area contributed by atoms with Crippen molar-refractivity contribution in [2.75, 3.05) is 13.7 Å². The predicted octanol–water partition coefficient (Wildman–Crippen LogP) is 4.42. The fourth-order valence-corrected chi connectivity index (χ4v) is 2.69. The monoisotopic (exact) mass is 418 g/mol. The van der Waals surface area contributed by atoms with Gasteiger partial charge in [0.2, 0.25) is 0 Å². The minimum Gasteiger partial charge on any atom is -0.497 e. The fourth-order valence-electron chi connectivity index (χ4n) is 2.34. The molecule has 0 unspecified atom stereocenters. The maximum atomic E-state index is 12.0. The second-order valence-electron chi connectivity index (χ2n) is 6.17. The molecule has 2 rings (SSSR count). The highest BCUT2D eigenvalue weighted by atomic mass is 79.9. The van der Waals surface area contributed by atoms with Crippen LogP contribution in [0, 0.1) is 6.92 Å². The number of nitrogens with zero attached hydrogens (tertiary/aromatic N) is 1. The maximum Gasteiger partial charge on any atom is 0.277 e. The molecule has 0 aliphatic rings. The van der Waals surface area contributed by atoms with E-state index in [1.807, 2.05) is 43.3 Å². The molecule has 0 saturated carbocycles. The fraction of sp³-hybridized carbons (Fsp3) is 0.300. The topological polar surface area (TPSA) is 59.9 Å². The zero-order valence-corrected chi connectivity index (χ0v) is 17.0. The Labute approximate surface area is 162 Å². The smallest absolute Gasteiger partial charge is 0.277 e. The number of hydrogen-bond acceptors (Lipinski definition) is 4. The maximum absolute atomic E-state index is 12.0. The van der Waals surface area contributed by atoms with Crippen LogP contribution < -0.4 is 14.9 Å². The first kappa shape index (κ1) is 20.0. The van der Waals surface area contributed by atoms with Crippen molar-refractivity contribution >= 4 is 28.1 Å². The molecule has 0 radical (unpaired) electrons. The summed E-state index contributed by atoms with van der Waals surface area (Å²) >= 11 is 3.43. The minimum absolute atomic E-state index is 0.0974. The highest BCUT2D eigenvalue weighted by Gasteiger charge is 2.10. The van der Waals surface area contributed by atoms with Crippen LogP contribution in [0.3, 0.4) is 0 Å². The third-order valence-electron chi connectivity index (χ3n) is 3.75. The molecule has 1 N–H and O–H groups in total. The van der Waals surface area contributed by atoms with Crippen LogP contribution in [0.4, 0.5) is 0 Å². The lowest BCUT2D eigenvalue weighted by Crippen LogP contribution is -2.25. The number of aryl methyl sites for hydroxylation is 1. The van der Waals surface area contributed by atoms with Gasteiger partial charge in [-0.3, -0.25) is 4.79 Å². The lowest BCUT2D eigenvalue weighted by molar-refractivity contribution is -0.123. The zero-order chi connectivity index (χ0) is 19.1. The quantitative estimate of drug-likeness (QED) is 0.534. The van der Waals surface area contributed by atoms with Crippen molar-refractivity contribution in [3.8, 4) is 11.5 Å². The first-order valence-corrected chi connectivity index (χ1v) is 9.08. The average molecular weight is 419 g/mol. The summed E-state index contributed by atoms with van der Waals surface area (Å²) in [7, 11) is 1.60. The van der Waals surface area contributed by atoms with Gasteiger partial charge < -0.3 is 9.47 Å². The highest BCUT2D eigenvalue weighted by molar-refractivity contribution is 9.10. The van der Waals surface area contributed by atoms with Crippen LogP contribution in [-0.4, -0.2) is 25.8 Å². The van der Waals surface area contributed by atoms with E-state index in [4.69, 9.17) is 9.47 Å². The van der Waals surface area contributed by atoms with Gasteiger partial charge in [0.15, 0.2) is 6.61 Å². The molecule has 138 valence electrons. The standard InChI is InChI=1S/C20H23BrN2O3/c1-13(2)17-7-5-14(3)9-19(17)26-12-20(24)23-22-11-15-10-16(25-4)6-8-18(15)21/h5-11,13H,12H2,1-4H3,(H,23,24). The van der Waals surface area contributed by atoms with Gasteiger partial charge in [-0.05, 0) is 48.2 Å². The number of amides is 1. The third-order valence-corrected chi connectivity index (χ3v) is 4.47. The Bertz CT molecular complexity index is 804. The van der Waals surface area contributed by atoms with Crippen LogP contribution in [-0.2, 0) is 4.79 Å². The Hall–Kier alpha value is -2.34. The molecule has 0 spiro atoms. The van der Waals surface area contributed by atoms with Crippen molar-refractivity contribution in [1.82, 2.24) is 5.43 Å². The van der Waals surface area contributed by atoms with E-state index in [2.05, 4.69) is 40.3 Å². The van der Waals surface area contributed by atoms with E-state index in [0.717, 1.165) is 26.9 Å². The Morgan fingerprint density at radius 3 is 2.73 bits per heavy atom. The van der Waals surface area contributed by atoms with Gasteiger partial charge >= 0.3 is 0 Å². The second kappa shape index (κ2) is 9.38. The number of benzene rings is 2. The normalized spacial score (nSPS) is 11.0. The van der Waals surface area contributed by atoms with Crippen molar-refractivity contribution in [2.45, 2.75) is 26.7 Å². The number of hydrazone groups is 1. The van der Waals surface area contributed by atoms with Gasteiger partial charge in [-0.1, -0.05) is 41.9 Å². The molecule has 5 nitrogen and oxygen atoms in total. The van der Waals surface area contributed by atoms with Crippen LogP contribution in [0.5, 0.6) is 11.5 Å². The molecule has 2 aromatic rings. The number of halogens is 1. The molecule has 2 aromatic carbocycles. The van der Waals surface area contributed by atoms with Gasteiger partial charge in [-0.25, -0.2) is 5.43 Å². The zero-order valence-electron chi connectivity index (χ0n) is 15.4. The number of carbonyl (C=O) groups excluding carboxylic acids is 1. The molecule has 26 heavy (non-hydrogen) atoms. The van der Waals surface area contributed by atoms with E-state index in [1.54, 1.807) is 13.3 Å². The van der Waals surface area contributed by atoms with E-state index in [0.29, 0.717) is 11.7 Å². The molecule has 0 aliphatic heterocycles. The van der Waals surface area contributed by atoms with Gasteiger partial charge in [-0.15, -0.1) is 0 Å². The lowest BCUT2D eigenvalue weighted by atomic mass is 10.0. The first-order valence-electron chi connectivity index (χ1n) is 8.29. The molecule has 6 heteroatoms. The molecule has 0 aliphatic carbocycles. The SMILES string of the molecule is COc1ccc(Br)c(C=NNC(=O)COc2cc(C)ccc2C(C)C)c1. The summed E-state index contributed by atoms with van der Waals surface area (Å²) in [6, 6.07) is 11.5. The molecule has 0 saturated heterocycles. The van der Waals surface area contributed by atoms with E-state index in [-0.39, 0.29) is 12.5 Å². The van der Waals surface area contributed by atoms with Gasteiger partial charge in [-0.2, -0.15) is 5.10 Å². The molecule has 0 aromatic heterocycles. The lowest BCUT2D eigenvalue weighted by Gasteiger charge is -2.14. The minimum atomic E-state index is -0.323. The van der Waals surface area contributed by atoms with E-state index in [9.17, 15) is 4.79 Å². The second-order valence-corrected chi connectivity index (χ2v) is 7.02. The Morgan fingerprint density at radius 1 is 1.27 bits per heavy atom. The summed E-state index contributed by atoms with van der Waals surface area (Å²) < 4.78 is 11.7. The number of rotatable bonds is 7. The molecular formula is C20H23BrN2O3. The number of methoxy groups -OCH3 is 1. The van der Waals surface area contributed by atoms with Gasteiger partial charge in [0.05, 0.1) is 13.3 Å². The van der Waals surface area contributed by atoms with Gasteiger partial charge in [0, 0.05) is 10.0 Å². The van der Waals surface area contributed by atoms with Crippen molar-refractivity contribution in [3.05, 3.63) is 57.6 Å². The summed E-state index contributed by atoms with van der Waals surface area (Å²) in [6.07, 6.45) is 1.55. The van der Waals surface area contributed by atoms with Crippen LogP contribution in [0.1, 0.15) is 36.5 Å². The van der Waals surface area contributed by atoms with Crippen molar-refractivity contribution in [1.29, 1.82) is 0 Å². The van der Waals surface area contributed by atoms with Crippen LogP contribution in [0.2, 0.25) is 0 Å². The van der Waals surface area contributed by atoms with Gasteiger partial charge in [0.1, 0.15) is 11.5 Å². The van der Waals surface area contributed by atoms with E-state index < -0.39 is 0 Å². The summed E-state index contributed by atoms with van der Waals surface area (Å²) in [5.41, 5.74) is 5.44. The largest absolute Gasteiger partial charge is 0.497 e. The molecule has 1 amide bonds. The predicted molar refractivity (Wildman–Crippen MR) is 107 cm³/mol. The summed E-state index contributed by atoms with van der Waals surface area (Å²) in [4.78, 5) is 12.0. The average Bonchev–Trinajstić information content (AvgIpc) is 2.61. The van der Waals surface area contributed by atoms with Crippen LogP contribution in [0.25, 0.3) is 0 Å². The van der Waals surface area contributed by atoms with Gasteiger partial charge in [0.25, 0.3) is 5.91 Å². The van der Waals surface area contributed by atoms with E-state index in [1.165, 1.54) is 0 Å². The van der Waals surface area contributed by atoms with E-state index >= 15 is 0 Å².